The van der Waals surface area contributed by atoms with E-state index in [0.29, 0.717) is 25.9 Å². The molecule has 2 radical (unpaired) electrons. The first-order valence-electron chi connectivity index (χ1n) is 19.1. The second-order valence-electron chi connectivity index (χ2n) is 13.2. The molecule has 0 fully saturated rings. The van der Waals surface area contributed by atoms with Crippen LogP contribution in [0.2, 0.25) is 6.32 Å². The lowest BCUT2D eigenvalue weighted by molar-refractivity contribution is -0.143. The van der Waals surface area contributed by atoms with Crippen LogP contribution in [0.1, 0.15) is 168 Å². The first-order valence-corrected chi connectivity index (χ1v) is 21.0. The van der Waals surface area contributed by atoms with Gasteiger partial charge < -0.3 is 14.4 Å². The summed E-state index contributed by atoms with van der Waals surface area (Å²) in [5.74, 6) is 0.882. The predicted molar refractivity (Wildman–Crippen MR) is 197 cm³/mol. The number of unbranched alkanes of at least 4 members (excludes halogenated alkanes) is 14. The summed E-state index contributed by atoms with van der Waals surface area (Å²) in [6.45, 7) is 12.7. The Balaban J connectivity index is 4.17. The largest absolute Gasteiger partial charge is 0.495 e. The molecule has 0 aliphatic carbocycles. The summed E-state index contributed by atoms with van der Waals surface area (Å²) in [5.41, 5.74) is 0. The Morgan fingerprint density at radius 3 is 1.87 bits per heavy atom. The fourth-order valence-corrected chi connectivity index (χ4v) is 6.22. The van der Waals surface area contributed by atoms with Gasteiger partial charge in [0.15, 0.2) is 0 Å². The van der Waals surface area contributed by atoms with Crippen molar-refractivity contribution in [1.82, 2.24) is 9.62 Å². The molecule has 0 aliphatic rings. The summed E-state index contributed by atoms with van der Waals surface area (Å²) in [6.07, 6.45) is 28.4. The number of carbonyl (C=O) groups is 1. The van der Waals surface area contributed by atoms with E-state index in [1.807, 2.05) is 0 Å². The summed E-state index contributed by atoms with van der Waals surface area (Å²) in [6, 6.07) is 0. The number of nitrogens with zero attached hydrogens (tertiary/aromatic N) is 1. The van der Waals surface area contributed by atoms with Crippen LogP contribution in [0.15, 0.2) is 12.3 Å². The second-order valence-corrected chi connectivity index (χ2v) is 15.1. The van der Waals surface area contributed by atoms with Crippen LogP contribution in [0, 0.1) is 0 Å². The minimum Gasteiger partial charge on any atom is -0.495 e. The molecular weight excluding hydrogens is 595 g/mol. The highest BCUT2D eigenvalue weighted by Crippen LogP contribution is 2.19. The minimum absolute atomic E-state index is 0.0487. The summed E-state index contributed by atoms with van der Waals surface area (Å²) in [7, 11) is 2.58. The highest BCUT2D eigenvalue weighted by atomic mass is 32.2. The van der Waals surface area contributed by atoms with Crippen molar-refractivity contribution in [2.75, 3.05) is 39.0 Å². The monoisotopic (exact) mass is 669 g/mol. The van der Waals surface area contributed by atoms with Gasteiger partial charge in [0, 0.05) is 19.4 Å². The van der Waals surface area contributed by atoms with Crippen LogP contribution >= 0.6 is 0 Å². The van der Waals surface area contributed by atoms with Gasteiger partial charge >= 0.3 is 5.97 Å². The first-order chi connectivity index (χ1) is 22.2. The molecule has 46 heavy (non-hydrogen) atoms. The van der Waals surface area contributed by atoms with Gasteiger partial charge in [0.1, 0.15) is 0 Å². The molecule has 1 atom stereocenters. The third-order valence-electron chi connectivity index (χ3n) is 8.50. The van der Waals surface area contributed by atoms with Crippen LogP contribution in [0.3, 0.4) is 0 Å². The Labute approximate surface area is 287 Å². The molecule has 0 bridgehead atoms. The molecule has 1 unspecified atom stereocenters. The van der Waals surface area contributed by atoms with Crippen molar-refractivity contribution in [1.29, 1.82) is 0 Å². The first kappa shape index (κ1) is 44.9. The highest BCUT2D eigenvalue weighted by molar-refractivity contribution is 7.88. The molecule has 270 valence electrons. The Morgan fingerprint density at radius 1 is 0.717 bits per heavy atom. The lowest BCUT2D eigenvalue weighted by Gasteiger charge is -2.22. The molecule has 1 N–H and O–H groups in total. The predicted octanol–water partition coefficient (Wildman–Crippen LogP) is 9.27. The van der Waals surface area contributed by atoms with E-state index in [4.69, 9.17) is 17.3 Å². The molecule has 0 spiro atoms. The van der Waals surface area contributed by atoms with Crippen molar-refractivity contribution in [3.8, 4) is 0 Å². The molecular formula is C37H73BN2O5S. The zero-order chi connectivity index (χ0) is 34.1. The van der Waals surface area contributed by atoms with E-state index >= 15 is 0 Å². The normalized spacial score (nSPS) is 12.4. The van der Waals surface area contributed by atoms with Crippen molar-refractivity contribution < 1.29 is 22.7 Å². The van der Waals surface area contributed by atoms with Crippen LogP contribution in [0.25, 0.3) is 0 Å². The molecule has 7 nitrogen and oxygen atoms in total. The number of hydrogen-bond acceptors (Lipinski definition) is 6. The van der Waals surface area contributed by atoms with Gasteiger partial charge in [0.25, 0.3) is 0 Å². The molecule has 0 heterocycles. The third-order valence-corrected chi connectivity index (χ3v) is 9.23. The van der Waals surface area contributed by atoms with E-state index in [9.17, 15) is 13.2 Å². The summed E-state index contributed by atoms with van der Waals surface area (Å²) in [5, 5.41) is 0. The van der Waals surface area contributed by atoms with Gasteiger partial charge in [-0.2, -0.15) is 0 Å². The number of nitrogens with one attached hydrogen (secondary N) is 1. The third kappa shape index (κ3) is 32.9. The maximum atomic E-state index is 11.9. The lowest BCUT2D eigenvalue weighted by Crippen LogP contribution is -2.31. The van der Waals surface area contributed by atoms with E-state index in [1.54, 1.807) is 0 Å². The molecule has 0 saturated heterocycles. The van der Waals surface area contributed by atoms with Gasteiger partial charge in [-0.1, -0.05) is 110 Å². The number of esters is 1. The summed E-state index contributed by atoms with van der Waals surface area (Å²) < 4.78 is 37.1. The Bertz CT molecular complexity index is 812. The number of allylic oxidation sites excluding steroid dienone is 1. The Hall–Kier alpha value is -1.06. The van der Waals surface area contributed by atoms with Gasteiger partial charge in [-0.25, -0.2) is 13.1 Å². The molecule has 0 aromatic carbocycles. The fraction of sp³-hybridized carbons (Fsp3) is 0.919. The Kier molecular flexibility index (Phi) is 31.7. The molecule has 0 aromatic rings. The second kappa shape index (κ2) is 32.5. The van der Waals surface area contributed by atoms with Crippen LogP contribution in [-0.2, 0) is 24.3 Å². The maximum absolute atomic E-state index is 11.9. The maximum Gasteiger partial charge on any atom is 0.305 e. The van der Waals surface area contributed by atoms with Crippen molar-refractivity contribution in [3.63, 3.8) is 0 Å². The number of sulfonamides is 1. The van der Waals surface area contributed by atoms with E-state index in [2.05, 4.69) is 30.0 Å². The zero-order valence-corrected chi connectivity index (χ0v) is 31.3. The van der Waals surface area contributed by atoms with E-state index in [0.717, 1.165) is 115 Å². The quantitative estimate of drug-likeness (QED) is 0.0310. The van der Waals surface area contributed by atoms with E-state index < -0.39 is 10.0 Å². The van der Waals surface area contributed by atoms with E-state index in [-0.39, 0.29) is 12.1 Å². The van der Waals surface area contributed by atoms with Crippen LogP contribution in [-0.4, -0.2) is 72.3 Å². The number of carbonyl (C=O) groups excluding carboxylic acids is 1. The van der Waals surface area contributed by atoms with Crippen molar-refractivity contribution >= 4 is 23.8 Å². The number of ether oxygens (including phenoxy) is 2. The van der Waals surface area contributed by atoms with Crippen LogP contribution in [0.5, 0.6) is 0 Å². The topological polar surface area (TPSA) is 84.9 Å². The average Bonchev–Trinajstić information content (AvgIpc) is 3.01. The highest BCUT2D eigenvalue weighted by Gasteiger charge is 2.11. The molecule has 0 aliphatic heterocycles. The van der Waals surface area contributed by atoms with Gasteiger partial charge in [0.2, 0.25) is 10.0 Å². The van der Waals surface area contributed by atoms with Crippen molar-refractivity contribution in [3.05, 3.63) is 12.3 Å². The SMILES string of the molecule is [B]CCCC(CCCCC)OC(=C)CCCCCCCN(CCCCCCCC(=O)OCCCCCCC)CCCNS(C)(=O)=O. The molecule has 9 heteroatoms. The van der Waals surface area contributed by atoms with Gasteiger partial charge in [-0.15, -0.1) is 0 Å². The average molecular weight is 669 g/mol. The molecule has 0 saturated carbocycles. The standard InChI is InChI=1S/C37H73BN2O5S/c1-5-7-9-16-22-34-44-37(41)28-19-13-11-15-21-32-40(33-24-30-39-46(4,42)43)31-20-14-10-12-18-25-35(3)45-36(27-23-29-38)26-17-8-6-2/h36,39H,3,5-34H2,1-2,4H3. The van der Waals surface area contributed by atoms with Crippen molar-refractivity contribution in [2.24, 2.45) is 0 Å². The van der Waals surface area contributed by atoms with E-state index in [1.165, 1.54) is 64.0 Å². The lowest BCUT2D eigenvalue weighted by atomic mass is 9.97. The fourth-order valence-electron chi connectivity index (χ4n) is 5.71. The zero-order valence-electron chi connectivity index (χ0n) is 30.5. The summed E-state index contributed by atoms with van der Waals surface area (Å²) >= 11 is 0. The molecule has 0 aromatic heterocycles. The Morgan fingerprint density at radius 2 is 1.24 bits per heavy atom. The molecule has 0 amide bonds. The number of rotatable bonds is 36. The van der Waals surface area contributed by atoms with Crippen LogP contribution < -0.4 is 4.72 Å². The molecule has 0 rings (SSSR count). The summed E-state index contributed by atoms with van der Waals surface area (Å²) in [4.78, 5) is 14.4. The van der Waals surface area contributed by atoms with Gasteiger partial charge in [-0.3, -0.25) is 4.79 Å². The number of hydrogen-bond donors (Lipinski definition) is 1. The van der Waals surface area contributed by atoms with Gasteiger partial charge in [0.05, 0.1) is 32.6 Å². The van der Waals surface area contributed by atoms with Gasteiger partial charge in [-0.05, 0) is 77.4 Å². The van der Waals surface area contributed by atoms with Crippen molar-refractivity contribution in [2.45, 2.75) is 180 Å². The minimum atomic E-state index is -3.14. The smallest absolute Gasteiger partial charge is 0.305 e. The van der Waals surface area contributed by atoms with Crippen LogP contribution in [0.4, 0.5) is 0 Å².